The summed E-state index contributed by atoms with van der Waals surface area (Å²) < 4.78 is 24.2. The first-order chi connectivity index (χ1) is 12.1. The van der Waals surface area contributed by atoms with Crippen molar-refractivity contribution < 1.29 is 18.3 Å². The molecule has 3 aromatic rings. The quantitative estimate of drug-likeness (QED) is 0.731. The fourth-order valence-electron chi connectivity index (χ4n) is 2.71. The number of nitrogens with one attached hydrogen (secondary N) is 1. The van der Waals surface area contributed by atoms with E-state index in [0.29, 0.717) is 5.39 Å². The minimum absolute atomic E-state index is 0.00283. The fourth-order valence-corrected chi connectivity index (χ4v) is 3.79. The van der Waals surface area contributed by atoms with Crippen LogP contribution in [0.1, 0.15) is 26.5 Å². The lowest BCUT2D eigenvalue weighted by molar-refractivity contribution is -0.134. The van der Waals surface area contributed by atoms with Gasteiger partial charge >= 0.3 is 5.97 Å². The summed E-state index contributed by atoms with van der Waals surface area (Å²) in [7, 11) is -3.86. The molecule has 7 heteroatoms. The lowest BCUT2D eigenvalue weighted by Crippen LogP contribution is -2.15. The van der Waals surface area contributed by atoms with Crippen LogP contribution in [-0.4, -0.2) is 35.2 Å². The topological polar surface area (TPSA) is 100 Å². The highest BCUT2D eigenvalue weighted by Crippen LogP contribution is 2.29. The molecule has 6 nitrogen and oxygen atoms in total. The molecular weight excluding hydrogens is 352 g/mol. The number of fused-ring (bicyclic) bond motifs is 1. The largest absolute Gasteiger partial charge is 0.480 e. The fraction of sp³-hybridized carbons (Fsp3) is 0.263. The van der Waals surface area contributed by atoms with Gasteiger partial charge in [-0.1, -0.05) is 20.8 Å². The average molecular weight is 372 g/mol. The molecule has 2 heterocycles. The Morgan fingerprint density at radius 2 is 1.88 bits per heavy atom. The number of hydrogen-bond acceptors (Lipinski definition) is 4. The summed E-state index contributed by atoms with van der Waals surface area (Å²) in [4.78, 5) is 18.5. The molecule has 0 bridgehead atoms. The second-order valence-electron chi connectivity index (χ2n) is 7.26. The number of benzene rings is 1. The maximum atomic E-state index is 12.1. The van der Waals surface area contributed by atoms with Gasteiger partial charge in [-0.15, -0.1) is 0 Å². The highest BCUT2D eigenvalue weighted by atomic mass is 32.2. The van der Waals surface area contributed by atoms with Gasteiger partial charge < -0.3 is 10.1 Å². The van der Waals surface area contributed by atoms with E-state index >= 15 is 0 Å². The number of carboxylic acids is 1. The van der Waals surface area contributed by atoms with Crippen LogP contribution in [-0.2, 0) is 20.0 Å². The molecule has 0 amide bonds. The molecule has 0 saturated carbocycles. The predicted molar refractivity (Wildman–Crippen MR) is 99.9 cm³/mol. The van der Waals surface area contributed by atoms with Crippen LogP contribution in [0.5, 0.6) is 0 Å². The Labute approximate surface area is 151 Å². The van der Waals surface area contributed by atoms with Crippen molar-refractivity contribution in [2.45, 2.75) is 31.1 Å². The number of carbonyl (C=O) groups is 1. The molecule has 0 aliphatic carbocycles. The van der Waals surface area contributed by atoms with Crippen LogP contribution < -0.4 is 0 Å². The van der Waals surface area contributed by atoms with Gasteiger partial charge in [-0.25, -0.2) is 8.42 Å². The second-order valence-corrected chi connectivity index (χ2v) is 9.25. The van der Waals surface area contributed by atoms with E-state index in [-0.39, 0.29) is 10.3 Å². The highest BCUT2D eigenvalue weighted by Gasteiger charge is 2.20. The van der Waals surface area contributed by atoms with Gasteiger partial charge in [-0.3, -0.25) is 9.78 Å². The number of rotatable bonds is 4. The molecule has 0 fully saturated rings. The van der Waals surface area contributed by atoms with Gasteiger partial charge in [0.1, 0.15) is 0 Å². The molecule has 26 heavy (non-hydrogen) atoms. The van der Waals surface area contributed by atoms with E-state index in [0.717, 1.165) is 22.5 Å². The van der Waals surface area contributed by atoms with Gasteiger partial charge in [-0.05, 0) is 36.4 Å². The van der Waals surface area contributed by atoms with Crippen LogP contribution in [0.25, 0.3) is 22.2 Å². The standard InChI is InChI=1S/C19H20N2O4S/c1-19(2,3)17-10-12(6-7-20-17)16-9-13-8-14(4-5-15(13)21-16)26(24,25)11-18(22)23/h4-10,21H,11H2,1-3H3,(H,22,23). The van der Waals surface area contributed by atoms with Crippen molar-refractivity contribution in [1.29, 1.82) is 0 Å². The zero-order valence-electron chi connectivity index (χ0n) is 14.8. The maximum absolute atomic E-state index is 12.1. The number of H-pyrrole nitrogens is 1. The van der Waals surface area contributed by atoms with E-state index in [4.69, 9.17) is 5.11 Å². The number of nitrogens with zero attached hydrogens (tertiary/aromatic N) is 1. The first-order valence-electron chi connectivity index (χ1n) is 8.10. The highest BCUT2D eigenvalue weighted by molar-refractivity contribution is 7.92. The Morgan fingerprint density at radius 1 is 1.15 bits per heavy atom. The SMILES string of the molecule is CC(C)(C)c1cc(-c2cc3cc(S(=O)(=O)CC(=O)O)ccc3[nH]2)ccn1. The Hall–Kier alpha value is -2.67. The first-order valence-corrected chi connectivity index (χ1v) is 9.76. The molecule has 3 rings (SSSR count). The zero-order valence-corrected chi connectivity index (χ0v) is 15.6. The third-order valence-electron chi connectivity index (χ3n) is 4.10. The van der Waals surface area contributed by atoms with Gasteiger partial charge in [0.05, 0.1) is 4.90 Å². The molecule has 2 N–H and O–H groups in total. The second kappa shape index (κ2) is 6.25. The Balaban J connectivity index is 2.05. The number of aromatic amines is 1. The van der Waals surface area contributed by atoms with Crippen LogP contribution in [0.2, 0.25) is 0 Å². The van der Waals surface area contributed by atoms with E-state index < -0.39 is 21.6 Å². The van der Waals surface area contributed by atoms with Crippen molar-refractivity contribution in [2.24, 2.45) is 0 Å². The summed E-state index contributed by atoms with van der Waals surface area (Å²) in [5.41, 5.74) is 3.46. The molecule has 1 aromatic carbocycles. The van der Waals surface area contributed by atoms with Crippen molar-refractivity contribution in [3.8, 4) is 11.3 Å². The van der Waals surface area contributed by atoms with E-state index in [2.05, 4.69) is 30.7 Å². The minimum Gasteiger partial charge on any atom is -0.480 e. The third kappa shape index (κ3) is 3.62. The Bertz CT molecular complexity index is 1090. The normalized spacial score (nSPS) is 12.4. The van der Waals surface area contributed by atoms with Crippen molar-refractivity contribution >= 4 is 26.7 Å². The Morgan fingerprint density at radius 3 is 2.54 bits per heavy atom. The Kier molecular flexibility index (Phi) is 4.36. The summed E-state index contributed by atoms with van der Waals surface area (Å²) in [5, 5.41) is 9.49. The van der Waals surface area contributed by atoms with Gasteiger partial charge in [0.15, 0.2) is 15.6 Å². The van der Waals surface area contributed by atoms with Crippen LogP contribution >= 0.6 is 0 Å². The summed E-state index contributed by atoms with van der Waals surface area (Å²) >= 11 is 0. The van der Waals surface area contributed by atoms with E-state index in [1.165, 1.54) is 12.1 Å². The van der Waals surface area contributed by atoms with Crippen LogP contribution in [0.4, 0.5) is 0 Å². The molecule has 0 unspecified atom stereocenters. The minimum atomic E-state index is -3.86. The maximum Gasteiger partial charge on any atom is 0.319 e. The van der Waals surface area contributed by atoms with Gasteiger partial charge in [0.25, 0.3) is 0 Å². The van der Waals surface area contributed by atoms with E-state index in [1.807, 2.05) is 18.2 Å². The molecule has 0 radical (unpaired) electrons. The molecular formula is C19H20N2O4S. The van der Waals surface area contributed by atoms with E-state index in [1.54, 1.807) is 12.3 Å². The van der Waals surface area contributed by atoms with Gasteiger partial charge in [-0.2, -0.15) is 0 Å². The van der Waals surface area contributed by atoms with Gasteiger partial charge in [0.2, 0.25) is 0 Å². The van der Waals surface area contributed by atoms with Crippen molar-refractivity contribution in [3.05, 3.63) is 48.3 Å². The van der Waals surface area contributed by atoms with Crippen LogP contribution in [0.15, 0.2) is 47.5 Å². The smallest absolute Gasteiger partial charge is 0.319 e. The van der Waals surface area contributed by atoms with Crippen molar-refractivity contribution in [1.82, 2.24) is 9.97 Å². The average Bonchev–Trinajstić information content (AvgIpc) is 2.96. The van der Waals surface area contributed by atoms with Crippen LogP contribution in [0, 0.1) is 0 Å². The number of aliphatic carboxylic acids is 1. The number of pyridine rings is 1. The monoisotopic (exact) mass is 372 g/mol. The van der Waals surface area contributed by atoms with Gasteiger partial charge in [0, 0.05) is 39.5 Å². The number of aromatic nitrogens is 2. The van der Waals surface area contributed by atoms with E-state index in [9.17, 15) is 13.2 Å². The summed E-state index contributed by atoms with van der Waals surface area (Å²) in [6, 6.07) is 10.3. The summed E-state index contributed by atoms with van der Waals surface area (Å²) in [6.07, 6.45) is 1.75. The molecule has 0 aliphatic heterocycles. The molecule has 0 saturated heterocycles. The lowest BCUT2D eigenvalue weighted by Gasteiger charge is -2.17. The molecule has 0 spiro atoms. The lowest BCUT2D eigenvalue weighted by atomic mass is 9.90. The molecule has 2 aromatic heterocycles. The summed E-state index contributed by atoms with van der Waals surface area (Å²) in [5.74, 6) is -2.29. The molecule has 136 valence electrons. The third-order valence-corrected chi connectivity index (χ3v) is 5.70. The number of hydrogen-bond donors (Lipinski definition) is 2. The molecule has 0 atom stereocenters. The zero-order chi connectivity index (χ0) is 19.1. The number of sulfone groups is 1. The number of carboxylic acid groups (broad SMARTS) is 1. The predicted octanol–water partition coefficient (Wildman–Crippen LogP) is 3.39. The van der Waals surface area contributed by atoms with Crippen LogP contribution in [0.3, 0.4) is 0 Å². The first kappa shape index (κ1) is 18.1. The van der Waals surface area contributed by atoms with Crippen molar-refractivity contribution in [2.75, 3.05) is 5.75 Å². The van der Waals surface area contributed by atoms with Crippen molar-refractivity contribution in [3.63, 3.8) is 0 Å². The summed E-state index contributed by atoms with van der Waals surface area (Å²) in [6.45, 7) is 6.26. The molecule has 0 aliphatic rings.